The molecule has 0 spiro atoms. The molecule has 0 fully saturated rings. The largest absolute Gasteiger partial charge is 0.253 e. The number of halogens is 1. The number of hydrogen-bond acceptors (Lipinski definition) is 1. The zero-order valence-corrected chi connectivity index (χ0v) is 11.1. The van der Waals surface area contributed by atoms with Gasteiger partial charge >= 0.3 is 0 Å². The maximum absolute atomic E-state index is 4.66. The van der Waals surface area contributed by atoms with Crippen LogP contribution in [0.2, 0.25) is 0 Å². The standard InChI is InChI=1S/C14H16BrN/c1-11(15)5-4-7-13-10-9-12-6-2-3-8-14(12)16-13/h2-3,6,8-11H,4-5,7H2,1H3. The summed E-state index contributed by atoms with van der Waals surface area (Å²) in [7, 11) is 0. The molecule has 0 amide bonds. The van der Waals surface area contributed by atoms with Gasteiger partial charge in [-0.2, -0.15) is 0 Å². The molecule has 2 rings (SSSR count). The van der Waals surface area contributed by atoms with E-state index in [2.05, 4.69) is 58.2 Å². The fraction of sp³-hybridized carbons (Fsp3) is 0.357. The Morgan fingerprint density at radius 2 is 2.00 bits per heavy atom. The van der Waals surface area contributed by atoms with E-state index in [1.54, 1.807) is 0 Å². The molecule has 0 radical (unpaired) electrons. The number of pyridine rings is 1. The number of para-hydroxylation sites is 1. The summed E-state index contributed by atoms with van der Waals surface area (Å²) in [5, 5.41) is 1.22. The molecule has 0 aliphatic carbocycles. The highest BCUT2D eigenvalue weighted by Crippen LogP contribution is 2.14. The van der Waals surface area contributed by atoms with Gasteiger partial charge in [0.15, 0.2) is 0 Å². The third-order valence-electron chi connectivity index (χ3n) is 2.69. The summed E-state index contributed by atoms with van der Waals surface area (Å²) < 4.78 is 0. The number of fused-ring (bicyclic) bond motifs is 1. The van der Waals surface area contributed by atoms with Crippen LogP contribution in [-0.2, 0) is 6.42 Å². The van der Waals surface area contributed by atoms with Gasteiger partial charge < -0.3 is 0 Å². The SMILES string of the molecule is CC(Br)CCCc1ccc2ccccc2n1. The third-order valence-corrected chi connectivity index (χ3v) is 3.15. The first-order valence-corrected chi connectivity index (χ1v) is 6.66. The molecule has 0 aliphatic rings. The smallest absolute Gasteiger partial charge is 0.0705 e. The molecular formula is C14H16BrN. The van der Waals surface area contributed by atoms with Crippen LogP contribution in [0.1, 0.15) is 25.5 Å². The van der Waals surface area contributed by atoms with E-state index in [1.807, 2.05) is 6.07 Å². The van der Waals surface area contributed by atoms with Gasteiger partial charge in [-0.05, 0) is 31.4 Å². The highest BCUT2D eigenvalue weighted by atomic mass is 79.9. The van der Waals surface area contributed by atoms with Crippen molar-refractivity contribution in [2.45, 2.75) is 31.0 Å². The van der Waals surface area contributed by atoms with Crippen molar-refractivity contribution in [1.82, 2.24) is 4.98 Å². The lowest BCUT2D eigenvalue weighted by molar-refractivity contribution is 0.726. The molecule has 0 saturated carbocycles. The zero-order valence-electron chi connectivity index (χ0n) is 9.49. The quantitative estimate of drug-likeness (QED) is 0.758. The van der Waals surface area contributed by atoms with E-state index in [4.69, 9.17) is 0 Å². The number of benzene rings is 1. The first-order valence-electron chi connectivity index (χ1n) is 5.74. The van der Waals surface area contributed by atoms with E-state index in [-0.39, 0.29) is 0 Å². The van der Waals surface area contributed by atoms with Crippen molar-refractivity contribution in [2.75, 3.05) is 0 Å². The van der Waals surface area contributed by atoms with Crippen molar-refractivity contribution < 1.29 is 0 Å². The van der Waals surface area contributed by atoms with E-state index in [0.717, 1.165) is 11.9 Å². The molecule has 84 valence electrons. The van der Waals surface area contributed by atoms with E-state index >= 15 is 0 Å². The predicted molar refractivity (Wildman–Crippen MR) is 73.1 cm³/mol. The molecule has 1 atom stereocenters. The van der Waals surface area contributed by atoms with Gasteiger partial charge in [-0.3, -0.25) is 4.98 Å². The minimum absolute atomic E-state index is 0.605. The van der Waals surface area contributed by atoms with Crippen molar-refractivity contribution in [3.05, 3.63) is 42.1 Å². The number of aryl methyl sites for hydroxylation is 1. The topological polar surface area (TPSA) is 12.9 Å². The molecule has 0 saturated heterocycles. The maximum Gasteiger partial charge on any atom is 0.0705 e. The zero-order chi connectivity index (χ0) is 11.4. The molecule has 1 aromatic carbocycles. The molecule has 0 bridgehead atoms. The van der Waals surface area contributed by atoms with Crippen LogP contribution in [0.15, 0.2) is 36.4 Å². The summed E-state index contributed by atoms with van der Waals surface area (Å²) in [6.45, 7) is 2.19. The predicted octanol–water partition coefficient (Wildman–Crippen LogP) is 4.34. The lowest BCUT2D eigenvalue weighted by Crippen LogP contribution is -1.95. The van der Waals surface area contributed by atoms with Gasteiger partial charge in [0.2, 0.25) is 0 Å². The number of rotatable bonds is 4. The molecule has 1 unspecified atom stereocenters. The number of aromatic nitrogens is 1. The lowest BCUT2D eigenvalue weighted by Gasteiger charge is -2.04. The summed E-state index contributed by atoms with van der Waals surface area (Å²) in [4.78, 5) is 5.26. The Morgan fingerprint density at radius 1 is 1.19 bits per heavy atom. The third kappa shape index (κ3) is 3.05. The minimum Gasteiger partial charge on any atom is -0.253 e. The highest BCUT2D eigenvalue weighted by Gasteiger charge is 2.00. The molecule has 0 aliphatic heterocycles. The number of hydrogen-bond donors (Lipinski definition) is 0. The average molecular weight is 278 g/mol. The van der Waals surface area contributed by atoms with Crippen LogP contribution in [0.5, 0.6) is 0 Å². The van der Waals surface area contributed by atoms with Crippen molar-refractivity contribution in [3.8, 4) is 0 Å². The number of alkyl halides is 1. The monoisotopic (exact) mass is 277 g/mol. The van der Waals surface area contributed by atoms with Crippen LogP contribution in [0.3, 0.4) is 0 Å². The van der Waals surface area contributed by atoms with Gasteiger partial charge in [-0.25, -0.2) is 0 Å². The fourth-order valence-corrected chi connectivity index (χ4v) is 2.14. The summed E-state index contributed by atoms with van der Waals surface area (Å²) >= 11 is 3.57. The van der Waals surface area contributed by atoms with Crippen LogP contribution >= 0.6 is 15.9 Å². The Kier molecular flexibility index (Phi) is 3.94. The average Bonchev–Trinajstić information content (AvgIpc) is 2.28. The second kappa shape index (κ2) is 5.44. The lowest BCUT2D eigenvalue weighted by atomic mass is 10.1. The molecular weight excluding hydrogens is 262 g/mol. The van der Waals surface area contributed by atoms with Gasteiger partial charge in [-0.15, -0.1) is 0 Å². The fourth-order valence-electron chi connectivity index (χ4n) is 1.81. The summed E-state index contributed by atoms with van der Waals surface area (Å²) in [5.74, 6) is 0. The van der Waals surface area contributed by atoms with E-state index in [0.29, 0.717) is 4.83 Å². The minimum atomic E-state index is 0.605. The van der Waals surface area contributed by atoms with Crippen LogP contribution < -0.4 is 0 Å². The van der Waals surface area contributed by atoms with Gasteiger partial charge in [0.1, 0.15) is 0 Å². The van der Waals surface area contributed by atoms with Gasteiger partial charge in [0.05, 0.1) is 5.52 Å². The Hall–Kier alpha value is -0.890. The Bertz CT molecular complexity index is 465. The van der Waals surface area contributed by atoms with Gasteiger partial charge in [-0.1, -0.05) is 47.1 Å². The first-order chi connectivity index (χ1) is 7.75. The van der Waals surface area contributed by atoms with Gasteiger partial charge in [0, 0.05) is 15.9 Å². The van der Waals surface area contributed by atoms with Crippen molar-refractivity contribution >= 4 is 26.8 Å². The number of nitrogens with zero attached hydrogens (tertiary/aromatic N) is 1. The van der Waals surface area contributed by atoms with Crippen molar-refractivity contribution in [2.24, 2.45) is 0 Å². The second-order valence-corrected chi connectivity index (χ2v) is 5.73. The normalized spacial score (nSPS) is 12.9. The van der Waals surface area contributed by atoms with E-state index < -0.39 is 0 Å². The van der Waals surface area contributed by atoms with E-state index in [1.165, 1.54) is 23.9 Å². The summed E-state index contributed by atoms with van der Waals surface area (Å²) in [5.41, 5.74) is 2.30. The Labute approximate surface area is 105 Å². The molecule has 2 heteroatoms. The van der Waals surface area contributed by atoms with Crippen LogP contribution in [0, 0.1) is 0 Å². The molecule has 1 aromatic heterocycles. The van der Waals surface area contributed by atoms with Crippen LogP contribution in [0.4, 0.5) is 0 Å². The molecule has 2 aromatic rings. The van der Waals surface area contributed by atoms with Crippen LogP contribution in [-0.4, -0.2) is 9.81 Å². The first kappa shape index (κ1) is 11.6. The molecule has 0 N–H and O–H groups in total. The summed E-state index contributed by atoms with van der Waals surface area (Å²) in [6.07, 6.45) is 3.47. The molecule has 1 heterocycles. The molecule has 16 heavy (non-hydrogen) atoms. The molecule has 1 nitrogen and oxygen atoms in total. The van der Waals surface area contributed by atoms with Crippen LogP contribution in [0.25, 0.3) is 10.9 Å². The highest BCUT2D eigenvalue weighted by molar-refractivity contribution is 9.09. The van der Waals surface area contributed by atoms with Gasteiger partial charge in [0.25, 0.3) is 0 Å². The Balaban J connectivity index is 2.08. The van der Waals surface area contributed by atoms with Crippen molar-refractivity contribution in [1.29, 1.82) is 0 Å². The Morgan fingerprint density at radius 3 is 2.81 bits per heavy atom. The summed E-state index contributed by atoms with van der Waals surface area (Å²) in [6, 6.07) is 12.6. The van der Waals surface area contributed by atoms with E-state index in [9.17, 15) is 0 Å². The maximum atomic E-state index is 4.66. The second-order valence-electron chi connectivity index (χ2n) is 4.17. The van der Waals surface area contributed by atoms with Crippen molar-refractivity contribution in [3.63, 3.8) is 0 Å².